The summed E-state index contributed by atoms with van der Waals surface area (Å²) in [6.45, 7) is 8.09. The van der Waals surface area contributed by atoms with Crippen molar-refractivity contribution >= 4 is 0 Å². The Morgan fingerprint density at radius 3 is 2.65 bits per heavy atom. The van der Waals surface area contributed by atoms with Gasteiger partial charge in [0.2, 0.25) is 0 Å². The molecule has 0 aliphatic heterocycles. The summed E-state index contributed by atoms with van der Waals surface area (Å²) in [4.78, 5) is 0. The van der Waals surface area contributed by atoms with Crippen molar-refractivity contribution in [3.8, 4) is 0 Å². The van der Waals surface area contributed by atoms with Crippen molar-refractivity contribution < 1.29 is 4.74 Å². The first-order valence-corrected chi connectivity index (χ1v) is 6.51. The van der Waals surface area contributed by atoms with Gasteiger partial charge in [-0.2, -0.15) is 0 Å². The standard InChI is InChI=1S/C16H24O/c1-4-8-14(2)11-15(3)12-17-13-16-9-6-5-7-10-16/h5-7,9-11,14H,4,8,12-13H2,1-3H3/b15-11+. The third-order valence-electron chi connectivity index (χ3n) is 2.75. The lowest BCUT2D eigenvalue weighted by Gasteiger charge is -2.08. The molecule has 0 aromatic heterocycles. The van der Waals surface area contributed by atoms with Crippen molar-refractivity contribution in [3.05, 3.63) is 47.5 Å². The van der Waals surface area contributed by atoms with Crippen molar-refractivity contribution in [1.82, 2.24) is 0 Å². The molecule has 0 N–H and O–H groups in total. The van der Waals surface area contributed by atoms with E-state index in [9.17, 15) is 0 Å². The van der Waals surface area contributed by atoms with Gasteiger partial charge in [0.1, 0.15) is 0 Å². The monoisotopic (exact) mass is 232 g/mol. The van der Waals surface area contributed by atoms with Crippen LogP contribution in [0.4, 0.5) is 0 Å². The Morgan fingerprint density at radius 1 is 1.29 bits per heavy atom. The summed E-state index contributed by atoms with van der Waals surface area (Å²) >= 11 is 0. The Kier molecular flexibility index (Phi) is 6.64. The molecular weight excluding hydrogens is 208 g/mol. The highest BCUT2D eigenvalue weighted by Crippen LogP contribution is 2.10. The first-order chi connectivity index (χ1) is 8.22. The molecule has 0 heterocycles. The fourth-order valence-electron chi connectivity index (χ4n) is 1.98. The van der Waals surface area contributed by atoms with E-state index in [0.717, 1.165) is 6.61 Å². The zero-order valence-electron chi connectivity index (χ0n) is 11.3. The number of hydrogen-bond acceptors (Lipinski definition) is 1. The van der Waals surface area contributed by atoms with Gasteiger partial charge >= 0.3 is 0 Å². The first-order valence-electron chi connectivity index (χ1n) is 6.51. The molecule has 0 amide bonds. The summed E-state index contributed by atoms with van der Waals surface area (Å²) < 4.78 is 5.69. The van der Waals surface area contributed by atoms with Crippen molar-refractivity contribution in [2.75, 3.05) is 6.61 Å². The molecule has 1 heteroatoms. The Morgan fingerprint density at radius 2 is 2.00 bits per heavy atom. The Labute approximate surface area is 106 Å². The Bertz CT molecular complexity index is 327. The molecule has 1 rings (SSSR count). The van der Waals surface area contributed by atoms with Gasteiger partial charge in [0, 0.05) is 0 Å². The van der Waals surface area contributed by atoms with E-state index < -0.39 is 0 Å². The summed E-state index contributed by atoms with van der Waals surface area (Å²) in [5, 5.41) is 0. The minimum atomic E-state index is 0.667. The summed E-state index contributed by atoms with van der Waals surface area (Å²) in [6, 6.07) is 10.3. The Hall–Kier alpha value is -1.08. The van der Waals surface area contributed by atoms with E-state index in [1.165, 1.54) is 24.0 Å². The molecule has 1 unspecified atom stereocenters. The van der Waals surface area contributed by atoms with E-state index >= 15 is 0 Å². The smallest absolute Gasteiger partial charge is 0.0721 e. The number of rotatable bonds is 7. The lowest BCUT2D eigenvalue weighted by molar-refractivity contribution is 0.142. The normalized spacial score (nSPS) is 13.7. The molecule has 1 aromatic carbocycles. The summed E-state index contributed by atoms with van der Waals surface area (Å²) in [5.74, 6) is 0.667. The van der Waals surface area contributed by atoms with Crippen LogP contribution in [-0.2, 0) is 11.3 Å². The first kappa shape index (κ1) is 14.0. The summed E-state index contributed by atoms with van der Waals surface area (Å²) in [5.41, 5.74) is 2.57. The SMILES string of the molecule is CCCC(C)/C=C(\C)COCc1ccccc1. The number of benzene rings is 1. The highest BCUT2D eigenvalue weighted by Gasteiger charge is 1.98. The largest absolute Gasteiger partial charge is 0.372 e. The van der Waals surface area contributed by atoms with Gasteiger partial charge in [-0.25, -0.2) is 0 Å². The molecule has 1 aromatic rings. The van der Waals surface area contributed by atoms with Gasteiger partial charge in [0.15, 0.2) is 0 Å². The highest BCUT2D eigenvalue weighted by atomic mass is 16.5. The van der Waals surface area contributed by atoms with Crippen LogP contribution in [0.1, 0.15) is 39.2 Å². The van der Waals surface area contributed by atoms with Gasteiger partial charge in [0.05, 0.1) is 13.2 Å². The van der Waals surface area contributed by atoms with Crippen LogP contribution in [0.15, 0.2) is 42.0 Å². The molecule has 0 saturated heterocycles. The van der Waals surface area contributed by atoms with Crippen LogP contribution in [0, 0.1) is 5.92 Å². The molecule has 0 aliphatic rings. The molecule has 0 radical (unpaired) electrons. The fraction of sp³-hybridized carbons (Fsp3) is 0.500. The van der Waals surface area contributed by atoms with E-state index in [2.05, 4.69) is 39.0 Å². The number of hydrogen-bond donors (Lipinski definition) is 0. The van der Waals surface area contributed by atoms with E-state index in [4.69, 9.17) is 4.74 Å². The second kappa shape index (κ2) is 8.08. The molecular formula is C16H24O. The predicted molar refractivity (Wildman–Crippen MR) is 73.9 cm³/mol. The molecule has 1 atom stereocenters. The van der Waals surface area contributed by atoms with E-state index in [1.54, 1.807) is 0 Å². The highest BCUT2D eigenvalue weighted by molar-refractivity contribution is 5.13. The lowest BCUT2D eigenvalue weighted by Crippen LogP contribution is -1.99. The minimum absolute atomic E-state index is 0.667. The fourth-order valence-corrected chi connectivity index (χ4v) is 1.98. The second-order valence-electron chi connectivity index (χ2n) is 4.76. The van der Waals surface area contributed by atoms with Crippen LogP contribution in [0.3, 0.4) is 0 Å². The third kappa shape index (κ3) is 6.28. The molecule has 0 bridgehead atoms. The molecule has 0 fully saturated rings. The molecule has 0 spiro atoms. The van der Waals surface area contributed by atoms with Gasteiger partial charge in [-0.15, -0.1) is 0 Å². The third-order valence-corrected chi connectivity index (χ3v) is 2.75. The summed E-state index contributed by atoms with van der Waals surface area (Å²) in [6.07, 6.45) is 4.83. The van der Waals surface area contributed by atoms with Crippen LogP contribution < -0.4 is 0 Å². The lowest BCUT2D eigenvalue weighted by atomic mass is 10.0. The zero-order valence-corrected chi connectivity index (χ0v) is 11.3. The molecule has 0 aliphatic carbocycles. The van der Waals surface area contributed by atoms with Gasteiger partial charge in [0.25, 0.3) is 0 Å². The average Bonchev–Trinajstić information content (AvgIpc) is 2.30. The number of allylic oxidation sites excluding steroid dienone is 1. The van der Waals surface area contributed by atoms with Crippen LogP contribution in [0.25, 0.3) is 0 Å². The van der Waals surface area contributed by atoms with Crippen LogP contribution in [-0.4, -0.2) is 6.61 Å². The van der Waals surface area contributed by atoms with Crippen LogP contribution in [0.2, 0.25) is 0 Å². The predicted octanol–water partition coefficient (Wildman–Crippen LogP) is 4.59. The topological polar surface area (TPSA) is 9.23 Å². The van der Waals surface area contributed by atoms with Gasteiger partial charge < -0.3 is 4.74 Å². The maximum absolute atomic E-state index is 5.69. The van der Waals surface area contributed by atoms with E-state index in [1.807, 2.05) is 18.2 Å². The van der Waals surface area contributed by atoms with Crippen molar-refractivity contribution in [3.63, 3.8) is 0 Å². The quantitative estimate of drug-likeness (QED) is 0.625. The summed E-state index contributed by atoms with van der Waals surface area (Å²) in [7, 11) is 0. The zero-order chi connectivity index (χ0) is 12.5. The Balaban J connectivity index is 2.26. The molecule has 1 nitrogen and oxygen atoms in total. The minimum Gasteiger partial charge on any atom is -0.372 e. The maximum Gasteiger partial charge on any atom is 0.0721 e. The van der Waals surface area contributed by atoms with Crippen molar-refractivity contribution in [1.29, 1.82) is 0 Å². The van der Waals surface area contributed by atoms with Gasteiger partial charge in [-0.05, 0) is 24.8 Å². The van der Waals surface area contributed by atoms with E-state index in [0.29, 0.717) is 12.5 Å². The van der Waals surface area contributed by atoms with Gasteiger partial charge in [-0.1, -0.05) is 62.2 Å². The molecule has 94 valence electrons. The van der Waals surface area contributed by atoms with E-state index in [-0.39, 0.29) is 0 Å². The number of ether oxygens (including phenoxy) is 1. The van der Waals surface area contributed by atoms with Crippen molar-refractivity contribution in [2.24, 2.45) is 5.92 Å². The maximum atomic E-state index is 5.69. The van der Waals surface area contributed by atoms with Crippen molar-refractivity contribution in [2.45, 2.75) is 40.2 Å². The van der Waals surface area contributed by atoms with Crippen LogP contribution in [0.5, 0.6) is 0 Å². The molecule has 17 heavy (non-hydrogen) atoms. The van der Waals surface area contributed by atoms with Crippen LogP contribution >= 0.6 is 0 Å². The second-order valence-corrected chi connectivity index (χ2v) is 4.76. The van der Waals surface area contributed by atoms with Gasteiger partial charge in [-0.3, -0.25) is 0 Å². The molecule has 0 saturated carbocycles. The average molecular weight is 232 g/mol.